The predicted octanol–water partition coefficient (Wildman–Crippen LogP) is -2.41. The minimum Gasteiger partial charge on any atom is -0.394 e. The van der Waals surface area contributed by atoms with Crippen LogP contribution in [0.5, 0.6) is 0 Å². The molecule has 0 amide bonds. The highest BCUT2D eigenvalue weighted by atomic mass is 32.2. The summed E-state index contributed by atoms with van der Waals surface area (Å²) in [5, 5.41) is 32.7. The number of aliphatic hydroxyl groups excluding tert-OH is 3. The zero-order valence-corrected chi connectivity index (χ0v) is 9.03. The molecule has 0 aromatic heterocycles. The van der Waals surface area contributed by atoms with Gasteiger partial charge in [-0.05, 0) is 0 Å². The molecule has 0 bridgehead atoms. The molecule has 0 aromatic carbocycles. The highest BCUT2D eigenvalue weighted by molar-refractivity contribution is 8.12. The topological polar surface area (TPSA) is 121 Å². The number of rotatable bonds is 3. The summed E-state index contributed by atoms with van der Waals surface area (Å²) in [6, 6.07) is 0. The fraction of sp³-hybridized carbons (Fsp3) is 0.857. The summed E-state index contributed by atoms with van der Waals surface area (Å²) in [5.41, 5.74) is 6.57. The number of hydrogen-bond donors (Lipinski definition) is 4. The first-order valence-electron chi connectivity index (χ1n) is 4.65. The van der Waals surface area contributed by atoms with Crippen LogP contribution in [0.1, 0.15) is 0 Å². The van der Waals surface area contributed by atoms with Gasteiger partial charge in [0.05, 0.1) is 12.2 Å². The minimum atomic E-state index is -1.25. The molecule has 5 N–H and O–H groups in total. The van der Waals surface area contributed by atoms with Crippen LogP contribution < -0.4 is 5.73 Å². The second-order valence-electron chi connectivity index (χ2n) is 3.36. The van der Waals surface area contributed by atoms with Crippen LogP contribution >= 0.6 is 11.8 Å². The maximum Gasteiger partial charge on any atom is 0.215 e. The van der Waals surface area contributed by atoms with Gasteiger partial charge in [-0.1, -0.05) is 11.8 Å². The van der Waals surface area contributed by atoms with Gasteiger partial charge in [0.1, 0.15) is 18.3 Å². The van der Waals surface area contributed by atoms with E-state index in [-0.39, 0.29) is 0 Å². The van der Waals surface area contributed by atoms with Crippen LogP contribution in [0.3, 0.4) is 0 Å². The number of aliphatic hydroxyl groups is 3. The normalized spacial score (nSPS) is 43.2. The number of hydroxylamine groups is 1. The van der Waals surface area contributed by atoms with Gasteiger partial charge in [-0.2, -0.15) is 5.10 Å². The summed E-state index contributed by atoms with van der Waals surface area (Å²) in [5.74, 6) is 0. The first-order valence-corrected chi connectivity index (χ1v) is 5.59. The molecule has 5 atom stereocenters. The lowest BCUT2D eigenvalue weighted by atomic mass is 10.1. The molecular formula is C7H13N3O5S. The average Bonchev–Trinajstić information content (AvgIpc) is 2.78. The fourth-order valence-electron chi connectivity index (χ4n) is 1.40. The van der Waals surface area contributed by atoms with Crippen molar-refractivity contribution < 1.29 is 24.9 Å². The Labute approximate surface area is 95.6 Å². The molecule has 1 unspecified atom stereocenters. The van der Waals surface area contributed by atoms with E-state index in [9.17, 15) is 10.2 Å². The van der Waals surface area contributed by atoms with E-state index in [1.165, 1.54) is 17.3 Å². The average molecular weight is 251 g/mol. The van der Waals surface area contributed by atoms with Crippen LogP contribution in [0, 0.1) is 0 Å². The molecule has 0 saturated carbocycles. The van der Waals surface area contributed by atoms with E-state index in [1.54, 1.807) is 0 Å². The summed E-state index contributed by atoms with van der Waals surface area (Å²) in [7, 11) is 0. The van der Waals surface area contributed by atoms with Crippen molar-refractivity contribution in [2.24, 2.45) is 10.8 Å². The third-order valence-electron chi connectivity index (χ3n) is 2.29. The molecule has 0 radical (unpaired) electrons. The van der Waals surface area contributed by atoms with Crippen LogP contribution in [0.25, 0.3) is 0 Å². The van der Waals surface area contributed by atoms with Crippen LogP contribution in [0.2, 0.25) is 0 Å². The second kappa shape index (κ2) is 4.84. The Morgan fingerprint density at radius 2 is 2.25 bits per heavy atom. The van der Waals surface area contributed by atoms with Gasteiger partial charge in [-0.3, -0.25) is 5.73 Å². The Balaban J connectivity index is 1.93. The van der Waals surface area contributed by atoms with Gasteiger partial charge in [0.25, 0.3) is 0 Å². The van der Waals surface area contributed by atoms with Crippen LogP contribution in [-0.2, 0) is 9.57 Å². The number of ether oxygens (including phenoxy) is 1. The SMILES string of the molecule is NC1SC=NN1O[C@H]1O[C@H](CO)[C@@H](O)[C@H]1O. The number of thioether (sulfide) groups is 1. The Morgan fingerprint density at radius 3 is 2.75 bits per heavy atom. The second-order valence-corrected chi connectivity index (χ2v) is 4.33. The molecular weight excluding hydrogens is 238 g/mol. The van der Waals surface area contributed by atoms with Crippen LogP contribution in [0.15, 0.2) is 5.10 Å². The molecule has 92 valence electrons. The van der Waals surface area contributed by atoms with E-state index < -0.39 is 36.7 Å². The third kappa shape index (κ3) is 2.15. The fourth-order valence-corrected chi connectivity index (χ4v) is 1.88. The summed E-state index contributed by atoms with van der Waals surface area (Å²) in [4.78, 5) is 5.15. The smallest absolute Gasteiger partial charge is 0.215 e. The Bertz CT molecular complexity index is 281. The van der Waals surface area contributed by atoms with E-state index in [1.807, 2.05) is 0 Å². The molecule has 1 fully saturated rings. The molecule has 2 heterocycles. The molecule has 1 saturated heterocycles. The van der Waals surface area contributed by atoms with Gasteiger partial charge in [0.15, 0.2) is 5.50 Å². The van der Waals surface area contributed by atoms with Crippen molar-refractivity contribution in [1.29, 1.82) is 0 Å². The Morgan fingerprint density at radius 1 is 1.50 bits per heavy atom. The van der Waals surface area contributed by atoms with Gasteiger partial charge >= 0.3 is 0 Å². The van der Waals surface area contributed by atoms with E-state index in [2.05, 4.69) is 5.10 Å². The quantitative estimate of drug-likeness (QED) is 0.438. The van der Waals surface area contributed by atoms with Crippen molar-refractivity contribution in [3.05, 3.63) is 0 Å². The Kier molecular flexibility index (Phi) is 3.64. The highest BCUT2D eigenvalue weighted by Crippen LogP contribution is 2.25. The minimum absolute atomic E-state index is 0.401. The maximum absolute atomic E-state index is 9.57. The van der Waals surface area contributed by atoms with Crippen molar-refractivity contribution in [2.75, 3.05) is 6.61 Å². The van der Waals surface area contributed by atoms with Crippen molar-refractivity contribution in [2.45, 2.75) is 30.1 Å². The van der Waals surface area contributed by atoms with E-state index in [4.69, 9.17) is 20.4 Å². The van der Waals surface area contributed by atoms with Gasteiger partial charge in [0.2, 0.25) is 6.29 Å². The van der Waals surface area contributed by atoms with Crippen molar-refractivity contribution in [1.82, 2.24) is 5.17 Å². The molecule has 8 nitrogen and oxygen atoms in total. The van der Waals surface area contributed by atoms with E-state index in [0.717, 1.165) is 5.17 Å². The summed E-state index contributed by atoms with van der Waals surface area (Å²) in [6.45, 7) is -0.401. The van der Waals surface area contributed by atoms with Crippen molar-refractivity contribution in [3.8, 4) is 0 Å². The predicted molar refractivity (Wildman–Crippen MR) is 54.7 cm³/mol. The first kappa shape index (κ1) is 12.0. The first-order chi connectivity index (χ1) is 7.63. The summed E-state index contributed by atoms with van der Waals surface area (Å²) >= 11 is 1.24. The van der Waals surface area contributed by atoms with E-state index in [0.29, 0.717) is 0 Å². The number of nitrogens with zero attached hydrogens (tertiary/aromatic N) is 2. The monoisotopic (exact) mass is 251 g/mol. The number of hydrogen-bond acceptors (Lipinski definition) is 9. The standard InChI is InChI=1S/C7H13N3O5S/c8-7-10(9-2-16-7)15-6-5(13)4(12)3(1-11)14-6/h2-7,11-13H,1,8H2/t3-,4-,5-,6-,7?/m1/s1. The van der Waals surface area contributed by atoms with Gasteiger partial charge < -0.3 is 20.1 Å². The third-order valence-corrected chi connectivity index (χ3v) is 2.96. The lowest BCUT2D eigenvalue weighted by molar-refractivity contribution is -0.296. The lowest BCUT2D eigenvalue weighted by Crippen LogP contribution is -2.40. The number of hydrazone groups is 1. The van der Waals surface area contributed by atoms with Gasteiger partial charge in [0, 0.05) is 0 Å². The van der Waals surface area contributed by atoms with Crippen molar-refractivity contribution in [3.63, 3.8) is 0 Å². The maximum atomic E-state index is 9.57. The zero-order chi connectivity index (χ0) is 11.7. The summed E-state index contributed by atoms with van der Waals surface area (Å²) < 4.78 is 5.09. The Hall–Kier alpha value is -0.420. The van der Waals surface area contributed by atoms with Gasteiger partial charge in [-0.25, -0.2) is 4.84 Å². The van der Waals surface area contributed by atoms with E-state index >= 15 is 0 Å². The highest BCUT2D eigenvalue weighted by Gasteiger charge is 2.45. The molecule has 16 heavy (non-hydrogen) atoms. The molecule has 0 aliphatic carbocycles. The van der Waals surface area contributed by atoms with Crippen molar-refractivity contribution >= 4 is 17.3 Å². The summed E-state index contributed by atoms with van der Waals surface area (Å²) in [6.07, 6.45) is -4.39. The van der Waals surface area contributed by atoms with Crippen LogP contribution in [0.4, 0.5) is 0 Å². The molecule has 0 spiro atoms. The molecule has 0 aromatic rings. The molecule has 9 heteroatoms. The largest absolute Gasteiger partial charge is 0.394 e. The van der Waals surface area contributed by atoms with Crippen LogP contribution in [-0.4, -0.2) is 62.7 Å². The zero-order valence-electron chi connectivity index (χ0n) is 8.21. The number of nitrogens with two attached hydrogens (primary N) is 1. The van der Waals surface area contributed by atoms with Gasteiger partial charge in [-0.15, -0.1) is 5.17 Å². The molecule has 2 rings (SSSR count). The molecule has 2 aliphatic rings. The molecule has 2 aliphatic heterocycles. The lowest BCUT2D eigenvalue weighted by Gasteiger charge is -2.23.